The first kappa shape index (κ1) is 16.8. The molecule has 0 aliphatic heterocycles. The van der Waals surface area contributed by atoms with Crippen molar-refractivity contribution in [3.63, 3.8) is 0 Å². The number of nitrogens with two attached hydrogens (primary N) is 2. The highest BCUT2D eigenvalue weighted by Crippen LogP contribution is 2.25. The molecule has 0 heterocycles. The van der Waals surface area contributed by atoms with Gasteiger partial charge in [-0.1, -0.05) is 13.8 Å². The first-order chi connectivity index (χ1) is 9.85. The number of nitrogens with zero attached hydrogens (tertiary/aromatic N) is 1. The molecule has 0 unspecified atom stereocenters. The molecular formula is C15H24N4O2. The molecule has 0 spiro atoms. The summed E-state index contributed by atoms with van der Waals surface area (Å²) in [6.45, 7) is 7.27. The molecule has 21 heavy (non-hydrogen) atoms. The molecule has 0 radical (unpaired) electrons. The molecule has 6 nitrogen and oxygen atoms in total. The van der Waals surface area contributed by atoms with E-state index in [4.69, 9.17) is 11.5 Å². The minimum atomic E-state index is -0.414. The predicted octanol–water partition coefficient (Wildman–Crippen LogP) is 0.966. The first-order valence-electron chi connectivity index (χ1n) is 7.06. The summed E-state index contributed by atoms with van der Waals surface area (Å²) in [7, 11) is 0. The fraction of sp³-hybridized carbons (Fsp3) is 0.467. The van der Waals surface area contributed by atoms with E-state index in [-0.39, 0.29) is 12.5 Å². The molecule has 0 aliphatic rings. The molecule has 0 aromatic heterocycles. The smallest absolute Gasteiger partial charge is 0.251 e. The van der Waals surface area contributed by atoms with Gasteiger partial charge in [-0.05, 0) is 31.0 Å². The SMILES string of the molecule is CCNC(=O)c1ccc(N(CC(N)=O)CC(C)C)c(N)c1. The van der Waals surface area contributed by atoms with Gasteiger partial charge in [-0.2, -0.15) is 0 Å². The van der Waals surface area contributed by atoms with Crippen molar-refractivity contribution in [3.8, 4) is 0 Å². The Morgan fingerprint density at radius 3 is 2.48 bits per heavy atom. The summed E-state index contributed by atoms with van der Waals surface area (Å²) in [5.74, 6) is -0.226. The second kappa shape index (κ2) is 7.52. The number of carbonyl (C=O) groups excluding carboxylic acids is 2. The molecule has 0 saturated heterocycles. The van der Waals surface area contributed by atoms with Crippen LogP contribution in [0.4, 0.5) is 11.4 Å². The Kier molecular flexibility index (Phi) is 6.02. The predicted molar refractivity (Wildman–Crippen MR) is 85.1 cm³/mol. The fourth-order valence-electron chi connectivity index (χ4n) is 2.12. The Morgan fingerprint density at radius 1 is 1.33 bits per heavy atom. The highest BCUT2D eigenvalue weighted by atomic mass is 16.2. The standard InChI is InChI=1S/C15H24N4O2/c1-4-18-15(21)11-5-6-13(12(16)7-11)19(8-10(2)3)9-14(17)20/h5-7,10H,4,8-9,16H2,1-3H3,(H2,17,20)(H,18,21). The van der Waals surface area contributed by atoms with E-state index in [9.17, 15) is 9.59 Å². The van der Waals surface area contributed by atoms with Gasteiger partial charge in [0.15, 0.2) is 0 Å². The van der Waals surface area contributed by atoms with Crippen molar-refractivity contribution >= 4 is 23.2 Å². The van der Waals surface area contributed by atoms with Gasteiger partial charge in [-0.25, -0.2) is 0 Å². The van der Waals surface area contributed by atoms with Gasteiger partial charge in [0.05, 0.1) is 17.9 Å². The number of rotatable bonds is 7. The topological polar surface area (TPSA) is 101 Å². The number of hydrogen-bond acceptors (Lipinski definition) is 4. The third-order valence-electron chi connectivity index (χ3n) is 2.90. The van der Waals surface area contributed by atoms with Crippen molar-refractivity contribution in [2.75, 3.05) is 30.3 Å². The largest absolute Gasteiger partial charge is 0.397 e. The van der Waals surface area contributed by atoms with E-state index < -0.39 is 5.91 Å². The monoisotopic (exact) mass is 292 g/mol. The van der Waals surface area contributed by atoms with E-state index in [1.165, 1.54) is 0 Å². The molecule has 0 aliphatic carbocycles. The third-order valence-corrected chi connectivity index (χ3v) is 2.90. The van der Waals surface area contributed by atoms with Gasteiger partial charge >= 0.3 is 0 Å². The number of nitrogens with one attached hydrogen (secondary N) is 1. The Hall–Kier alpha value is -2.24. The van der Waals surface area contributed by atoms with E-state index in [0.29, 0.717) is 30.3 Å². The van der Waals surface area contributed by atoms with Crippen LogP contribution in [0, 0.1) is 5.92 Å². The van der Waals surface area contributed by atoms with Crippen LogP contribution in [0.1, 0.15) is 31.1 Å². The van der Waals surface area contributed by atoms with E-state index in [2.05, 4.69) is 5.32 Å². The Labute approximate surface area is 125 Å². The quantitative estimate of drug-likeness (QED) is 0.652. The number of amides is 2. The zero-order chi connectivity index (χ0) is 16.0. The van der Waals surface area contributed by atoms with E-state index in [1.54, 1.807) is 18.2 Å². The van der Waals surface area contributed by atoms with Crippen molar-refractivity contribution in [1.82, 2.24) is 5.32 Å². The van der Waals surface area contributed by atoms with E-state index in [1.807, 2.05) is 25.7 Å². The molecule has 0 bridgehead atoms. The van der Waals surface area contributed by atoms with Crippen molar-refractivity contribution in [3.05, 3.63) is 23.8 Å². The fourth-order valence-corrected chi connectivity index (χ4v) is 2.12. The lowest BCUT2D eigenvalue weighted by Gasteiger charge is -2.26. The van der Waals surface area contributed by atoms with Crippen molar-refractivity contribution in [2.45, 2.75) is 20.8 Å². The average Bonchev–Trinajstić information content (AvgIpc) is 2.36. The van der Waals surface area contributed by atoms with Crippen LogP contribution in [0.25, 0.3) is 0 Å². The van der Waals surface area contributed by atoms with Crippen molar-refractivity contribution in [1.29, 1.82) is 0 Å². The number of anilines is 2. The number of carbonyl (C=O) groups is 2. The molecule has 6 heteroatoms. The van der Waals surface area contributed by atoms with Gasteiger partial charge in [-0.15, -0.1) is 0 Å². The lowest BCUT2D eigenvalue weighted by molar-refractivity contribution is -0.116. The van der Waals surface area contributed by atoms with Gasteiger partial charge in [0, 0.05) is 18.7 Å². The lowest BCUT2D eigenvalue weighted by Crippen LogP contribution is -2.36. The van der Waals surface area contributed by atoms with Crippen LogP contribution < -0.4 is 21.7 Å². The molecule has 1 aromatic rings. The van der Waals surface area contributed by atoms with Gasteiger partial charge in [0.2, 0.25) is 5.91 Å². The van der Waals surface area contributed by atoms with Crippen LogP contribution in [-0.2, 0) is 4.79 Å². The van der Waals surface area contributed by atoms with Crippen LogP contribution in [0.5, 0.6) is 0 Å². The van der Waals surface area contributed by atoms with E-state index >= 15 is 0 Å². The number of hydrogen-bond donors (Lipinski definition) is 3. The molecule has 5 N–H and O–H groups in total. The highest BCUT2D eigenvalue weighted by Gasteiger charge is 2.15. The summed E-state index contributed by atoms with van der Waals surface area (Å²) in [6.07, 6.45) is 0. The molecule has 0 atom stereocenters. The van der Waals surface area contributed by atoms with Crippen LogP contribution >= 0.6 is 0 Å². The number of benzene rings is 1. The Balaban J connectivity index is 3.03. The normalized spacial score (nSPS) is 10.5. The minimum Gasteiger partial charge on any atom is -0.397 e. The summed E-state index contributed by atoms with van der Waals surface area (Å²) < 4.78 is 0. The van der Waals surface area contributed by atoms with Gasteiger partial charge in [0.1, 0.15) is 0 Å². The average molecular weight is 292 g/mol. The molecular weight excluding hydrogens is 268 g/mol. The summed E-state index contributed by atoms with van der Waals surface area (Å²) >= 11 is 0. The van der Waals surface area contributed by atoms with Gasteiger partial charge in [0.25, 0.3) is 5.91 Å². The van der Waals surface area contributed by atoms with Crippen molar-refractivity contribution in [2.24, 2.45) is 11.7 Å². The number of primary amides is 1. The zero-order valence-corrected chi connectivity index (χ0v) is 12.8. The summed E-state index contributed by atoms with van der Waals surface area (Å²) in [5.41, 5.74) is 13.0. The van der Waals surface area contributed by atoms with Gasteiger partial charge < -0.3 is 21.7 Å². The number of nitrogen functional groups attached to an aromatic ring is 1. The molecule has 0 fully saturated rings. The van der Waals surface area contributed by atoms with Gasteiger partial charge in [-0.3, -0.25) is 9.59 Å². The molecule has 1 aromatic carbocycles. The summed E-state index contributed by atoms with van der Waals surface area (Å²) in [5, 5.41) is 2.72. The second-order valence-corrected chi connectivity index (χ2v) is 5.37. The van der Waals surface area contributed by atoms with Crippen LogP contribution in [-0.4, -0.2) is 31.4 Å². The third kappa shape index (κ3) is 4.98. The summed E-state index contributed by atoms with van der Waals surface area (Å²) in [6, 6.07) is 5.07. The lowest BCUT2D eigenvalue weighted by atomic mass is 10.1. The Bertz CT molecular complexity index is 514. The minimum absolute atomic E-state index is 0.100. The molecule has 2 amide bonds. The molecule has 1 rings (SSSR count). The maximum absolute atomic E-state index is 11.8. The Morgan fingerprint density at radius 2 is 2.00 bits per heavy atom. The van der Waals surface area contributed by atoms with Crippen LogP contribution in [0.3, 0.4) is 0 Å². The maximum Gasteiger partial charge on any atom is 0.251 e. The highest BCUT2D eigenvalue weighted by molar-refractivity contribution is 5.96. The maximum atomic E-state index is 11.8. The first-order valence-corrected chi connectivity index (χ1v) is 7.06. The summed E-state index contributed by atoms with van der Waals surface area (Å²) in [4.78, 5) is 24.8. The van der Waals surface area contributed by atoms with E-state index in [0.717, 1.165) is 5.69 Å². The molecule has 116 valence electrons. The second-order valence-electron chi connectivity index (χ2n) is 5.37. The molecule has 0 saturated carbocycles. The zero-order valence-electron chi connectivity index (χ0n) is 12.8. The van der Waals surface area contributed by atoms with Crippen molar-refractivity contribution < 1.29 is 9.59 Å². The van der Waals surface area contributed by atoms with Crippen LogP contribution in [0.2, 0.25) is 0 Å². The van der Waals surface area contributed by atoms with Crippen LogP contribution in [0.15, 0.2) is 18.2 Å².